The third-order valence-corrected chi connectivity index (χ3v) is 4.78. The lowest BCUT2D eigenvalue weighted by Gasteiger charge is -2.22. The Kier molecular flexibility index (Phi) is 3.38. The number of carbonyl (C=O) groups is 1. The zero-order chi connectivity index (χ0) is 14.3. The average molecular weight is 295 g/mol. The number of benzene rings is 1. The Morgan fingerprint density at radius 2 is 2.15 bits per heavy atom. The summed E-state index contributed by atoms with van der Waals surface area (Å²) in [7, 11) is 0. The van der Waals surface area contributed by atoms with E-state index in [1.807, 2.05) is 0 Å². The number of hydrogen-bond donors (Lipinski definition) is 1. The Balaban J connectivity index is 1.74. The average Bonchev–Trinajstić information content (AvgIpc) is 3.01. The molecule has 1 aromatic carbocycles. The van der Waals surface area contributed by atoms with Gasteiger partial charge in [-0.2, -0.15) is 0 Å². The van der Waals surface area contributed by atoms with Crippen molar-refractivity contribution in [3.63, 3.8) is 0 Å². The van der Waals surface area contributed by atoms with Crippen LogP contribution in [0.15, 0.2) is 18.2 Å². The van der Waals surface area contributed by atoms with Crippen LogP contribution in [0, 0.1) is 22.0 Å². The van der Waals surface area contributed by atoms with Crippen LogP contribution in [0.4, 0.5) is 5.69 Å². The maximum Gasteiger partial charge on any atom is 0.288 e. The van der Waals surface area contributed by atoms with Gasteiger partial charge in [0.1, 0.15) is 5.02 Å². The lowest BCUT2D eigenvalue weighted by molar-refractivity contribution is -0.384. The maximum atomic E-state index is 12.2. The monoisotopic (exact) mass is 294 g/mol. The van der Waals surface area contributed by atoms with Crippen molar-refractivity contribution < 1.29 is 9.72 Å². The fourth-order valence-electron chi connectivity index (χ4n) is 3.47. The number of carbonyl (C=O) groups excluding carboxylic acids is 1. The molecule has 2 fully saturated rings. The Morgan fingerprint density at radius 3 is 2.75 bits per heavy atom. The van der Waals surface area contributed by atoms with Gasteiger partial charge in [-0.3, -0.25) is 14.9 Å². The van der Waals surface area contributed by atoms with E-state index in [-0.39, 0.29) is 22.7 Å². The minimum absolute atomic E-state index is 0.0477. The van der Waals surface area contributed by atoms with Gasteiger partial charge < -0.3 is 5.32 Å². The van der Waals surface area contributed by atoms with Crippen molar-refractivity contribution in [3.05, 3.63) is 38.9 Å². The third kappa shape index (κ3) is 2.38. The van der Waals surface area contributed by atoms with Crippen molar-refractivity contribution >= 4 is 23.2 Å². The van der Waals surface area contributed by atoms with Crippen molar-refractivity contribution in [2.75, 3.05) is 0 Å². The molecule has 20 heavy (non-hydrogen) atoms. The fraction of sp³-hybridized carbons (Fsp3) is 0.500. The highest BCUT2D eigenvalue weighted by Gasteiger charge is 2.40. The van der Waals surface area contributed by atoms with Crippen LogP contribution in [0.25, 0.3) is 0 Å². The van der Waals surface area contributed by atoms with Gasteiger partial charge in [-0.25, -0.2) is 0 Å². The Morgan fingerprint density at radius 1 is 1.35 bits per heavy atom. The van der Waals surface area contributed by atoms with Gasteiger partial charge in [-0.05, 0) is 43.2 Å². The molecule has 2 bridgehead atoms. The predicted octanol–water partition coefficient (Wildman–Crippen LogP) is 3.17. The smallest absolute Gasteiger partial charge is 0.288 e. The minimum Gasteiger partial charge on any atom is -0.349 e. The molecule has 3 rings (SSSR count). The molecule has 2 aliphatic rings. The van der Waals surface area contributed by atoms with Gasteiger partial charge in [-0.15, -0.1) is 0 Å². The molecule has 1 amide bonds. The Labute approximate surface area is 121 Å². The largest absolute Gasteiger partial charge is 0.349 e. The summed E-state index contributed by atoms with van der Waals surface area (Å²) in [6.45, 7) is 0. The Bertz CT molecular complexity index is 576. The van der Waals surface area contributed by atoms with Gasteiger partial charge in [0.05, 0.1) is 4.92 Å². The van der Waals surface area contributed by atoms with Gasteiger partial charge in [0.2, 0.25) is 0 Å². The summed E-state index contributed by atoms with van der Waals surface area (Å²) in [5.41, 5.74) is 0.0659. The van der Waals surface area contributed by atoms with Crippen molar-refractivity contribution in [2.24, 2.45) is 11.8 Å². The number of rotatable bonds is 3. The number of fused-ring (bicyclic) bond motifs is 2. The second-order valence-corrected chi connectivity index (χ2v) is 6.09. The lowest BCUT2D eigenvalue weighted by atomic mass is 9.95. The molecule has 0 spiro atoms. The second kappa shape index (κ2) is 5.05. The summed E-state index contributed by atoms with van der Waals surface area (Å²) in [6, 6.07) is 4.38. The quantitative estimate of drug-likeness (QED) is 0.687. The highest BCUT2D eigenvalue weighted by atomic mass is 35.5. The molecule has 2 saturated carbocycles. The highest BCUT2D eigenvalue weighted by Crippen LogP contribution is 2.44. The van der Waals surface area contributed by atoms with E-state index in [1.54, 1.807) is 0 Å². The maximum absolute atomic E-state index is 12.2. The molecule has 1 N–H and O–H groups in total. The second-order valence-electron chi connectivity index (χ2n) is 5.68. The molecule has 2 aliphatic carbocycles. The normalized spacial score (nSPS) is 27.6. The number of nitrogens with one attached hydrogen (secondary N) is 1. The third-order valence-electron chi connectivity index (χ3n) is 4.46. The first-order chi connectivity index (χ1) is 9.54. The number of amides is 1. The molecule has 3 atom stereocenters. The first-order valence-corrected chi connectivity index (χ1v) is 7.17. The molecule has 0 saturated heterocycles. The molecule has 0 unspecified atom stereocenters. The molecule has 0 aromatic heterocycles. The van der Waals surface area contributed by atoms with Crippen LogP contribution in [-0.2, 0) is 0 Å². The van der Waals surface area contributed by atoms with Crippen molar-refractivity contribution in [3.8, 4) is 0 Å². The molecular formula is C14H15ClN2O3. The number of nitro groups is 1. The molecule has 1 aromatic rings. The molecular weight excluding hydrogens is 280 g/mol. The van der Waals surface area contributed by atoms with E-state index in [9.17, 15) is 14.9 Å². The van der Waals surface area contributed by atoms with Crippen molar-refractivity contribution in [1.82, 2.24) is 5.32 Å². The molecule has 6 heteroatoms. The zero-order valence-electron chi connectivity index (χ0n) is 10.8. The van der Waals surface area contributed by atoms with E-state index in [2.05, 4.69) is 5.32 Å². The van der Waals surface area contributed by atoms with Crippen LogP contribution in [0.5, 0.6) is 0 Å². The summed E-state index contributed by atoms with van der Waals surface area (Å²) in [5.74, 6) is 1.07. The zero-order valence-corrected chi connectivity index (χ0v) is 11.6. The number of nitro benzene ring substituents is 1. The Hall–Kier alpha value is -1.62. The van der Waals surface area contributed by atoms with Crippen molar-refractivity contribution in [1.29, 1.82) is 0 Å². The molecule has 0 aliphatic heterocycles. The number of nitrogens with zero attached hydrogens (tertiary/aromatic N) is 1. The van der Waals surface area contributed by atoms with E-state index in [4.69, 9.17) is 11.6 Å². The van der Waals surface area contributed by atoms with Gasteiger partial charge in [0.25, 0.3) is 11.6 Å². The van der Waals surface area contributed by atoms with Crippen LogP contribution in [-0.4, -0.2) is 16.9 Å². The van der Waals surface area contributed by atoms with Crippen LogP contribution >= 0.6 is 11.6 Å². The van der Waals surface area contributed by atoms with E-state index >= 15 is 0 Å². The lowest BCUT2D eigenvalue weighted by Crippen LogP contribution is -2.38. The van der Waals surface area contributed by atoms with E-state index < -0.39 is 4.92 Å². The summed E-state index contributed by atoms with van der Waals surface area (Å²) >= 11 is 5.74. The first kappa shape index (κ1) is 13.4. The van der Waals surface area contributed by atoms with Crippen LogP contribution in [0.1, 0.15) is 36.0 Å². The van der Waals surface area contributed by atoms with E-state index in [0.717, 1.165) is 12.3 Å². The molecule has 5 nitrogen and oxygen atoms in total. The molecule has 106 valence electrons. The molecule has 0 heterocycles. The standard InChI is InChI=1S/C14H15ClN2O3/c15-11-4-3-10(7-13(11)17(19)20)14(18)16-12-6-8-1-2-9(12)5-8/h3-4,7-9,12H,1-2,5-6H2,(H,16,18)/t8-,9-,12-/m1/s1. The minimum atomic E-state index is -0.573. The molecule has 0 radical (unpaired) electrons. The summed E-state index contributed by atoms with van der Waals surface area (Å²) in [5, 5.41) is 13.9. The van der Waals surface area contributed by atoms with Gasteiger partial charge in [0, 0.05) is 17.7 Å². The topological polar surface area (TPSA) is 72.2 Å². The highest BCUT2D eigenvalue weighted by molar-refractivity contribution is 6.32. The summed E-state index contributed by atoms with van der Waals surface area (Å²) in [6.07, 6.45) is 4.68. The fourth-order valence-corrected chi connectivity index (χ4v) is 3.65. The van der Waals surface area contributed by atoms with Crippen LogP contribution in [0.3, 0.4) is 0 Å². The SMILES string of the molecule is O=C(N[C@@H]1C[C@@H]2CC[C@@H]1C2)c1ccc(Cl)c([N+](=O)[O-])c1. The van der Waals surface area contributed by atoms with E-state index in [0.29, 0.717) is 11.5 Å². The van der Waals surface area contributed by atoms with Crippen molar-refractivity contribution in [2.45, 2.75) is 31.7 Å². The van der Waals surface area contributed by atoms with E-state index in [1.165, 1.54) is 37.5 Å². The summed E-state index contributed by atoms with van der Waals surface area (Å²) in [4.78, 5) is 22.4. The van der Waals surface area contributed by atoms with Gasteiger partial charge in [0.15, 0.2) is 0 Å². The van der Waals surface area contributed by atoms with Crippen LogP contribution in [0.2, 0.25) is 5.02 Å². The van der Waals surface area contributed by atoms with Gasteiger partial charge >= 0.3 is 0 Å². The number of hydrogen-bond acceptors (Lipinski definition) is 3. The van der Waals surface area contributed by atoms with Crippen LogP contribution < -0.4 is 5.32 Å². The number of halogens is 1. The predicted molar refractivity (Wildman–Crippen MR) is 74.8 cm³/mol. The first-order valence-electron chi connectivity index (χ1n) is 6.79. The summed E-state index contributed by atoms with van der Waals surface area (Å²) < 4.78 is 0. The van der Waals surface area contributed by atoms with Gasteiger partial charge in [-0.1, -0.05) is 18.0 Å².